The Bertz CT molecular complexity index is 557. The molecule has 3 rings (SSSR count). The highest BCUT2D eigenvalue weighted by Gasteiger charge is 2.26. The zero-order valence-corrected chi connectivity index (χ0v) is 12.3. The first kappa shape index (κ1) is 14.6. The third kappa shape index (κ3) is 2.87. The van der Waals surface area contributed by atoms with Gasteiger partial charge < -0.3 is 5.73 Å². The molecule has 20 heavy (non-hydrogen) atoms. The number of nitrogens with zero attached hydrogens (tertiary/aromatic N) is 1. The van der Waals surface area contributed by atoms with Gasteiger partial charge in [0.2, 0.25) is 0 Å². The van der Waals surface area contributed by atoms with Crippen LogP contribution in [0, 0.1) is 0 Å². The molecule has 1 radical (unpaired) electrons. The van der Waals surface area contributed by atoms with Gasteiger partial charge in [-0.2, -0.15) is 0 Å². The van der Waals surface area contributed by atoms with Gasteiger partial charge in [-0.1, -0.05) is 55.7 Å². The maximum atomic E-state index is 5.84. The lowest BCUT2D eigenvalue weighted by Crippen LogP contribution is -2.51. The van der Waals surface area contributed by atoms with Crippen molar-refractivity contribution >= 4 is 18.6 Å². The minimum absolute atomic E-state index is 0.215. The molecule has 0 bridgehead atoms. The molecule has 3 N–H and O–H groups in total. The summed E-state index contributed by atoms with van der Waals surface area (Å²) in [6.45, 7) is 4.00. The predicted octanol–water partition coefficient (Wildman–Crippen LogP) is 2.08. The highest BCUT2D eigenvalue weighted by Crippen LogP contribution is 2.27. The van der Waals surface area contributed by atoms with Gasteiger partial charge >= 0.3 is 0 Å². The summed E-state index contributed by atoms with van der Waals surface area (Å²) >= 11 is 0. The van der Waals surface area contributed by atoms with Crippen LogP contribution in [-0.4, -0.2) is 19.5 Å². The molecule has 0 saturated heterocycles. The van der Waals surface area contributed by atoms with Gasteiger partial charge in [0.1, 0.15) is 0 Å². The zero-order valence-electron chi connectivity index (χ0n) is 12.3. The topological polar surface area (TPSA) is 41.3 Å². The molecule has 1 atom stereocenters. The number of rotatable bonds is 1. The molecule has 103 valence electrons. The third-order valence-electron chi connectivity index (χ3n) is 3.33. The third-order valence-corrected chi connectivity index (χ3v) is 3.33. The molecular weight excluding hydrogens is 245 g/mol. The van der Waals surface area contributed by atoms with Crippen LogP contribution in [0.5, 0.6) is 0 Å². The molecule has 1 heterocycles. The van der Waals surface area contributed by atoms with Crippen LogP contribution in [0.4, 0.5) is 5.69 Å². The van der Waals surface area contributed by atoms with E-state index in [0.29, 0.717) is 0 Å². The van der Waals surface area contributed by atoms with Crippen LogP contribution in [0.3, 0.4) is 0 Å². The van der Waals surface area contributed by atoms with Crippen molar-refractivity contribution in [3.05, 3.63) is 59.7 Å². The number of hydrogen-bond donors (Lipinski definition) is 2. The fourth-order valence-electron chi connectivity index (χ4n) is 2.46. The Morgan fingerprint density at radius 2 is 1.80 bits per heavy atom. The number of nitrogens with two attached hydrogens (primary N) is 1. The van der Waals surface area contributed by atoms with E-state index < -0.39 is 0 Å². The smallest absolute Gasteiger partial charge is 0.263 e. The molecule has 0 aliphatic carbocycles. The lowest BCUT2D eigenvalue weighted by Gasteiger charge is -2.35. The quantitative estimate of drug-likeness (QED) is 0.613. The highest BCUT2D eigenvalue weighted by atomic mass is 15.5. The van der Waals surface area contributed by atoms with Crippen LogP contribution < -0.4 is 16.5 Å². The van der Waals surface area contributed by atoms with Gasteiger partial charge in [-0.05, 0) is 23.3 Å². The Balaban J connectivity index is 0.000000704. The van der Waals surface area contributed by atoms with Crippen molar-refractivity contribution in [3.8, 4) is 0 Å². The average Bonchev–Trinajstić information content (AvgIpc) is 2.50. The summed E-state index contributed by atoms with van der Waals surface area (Å²) in [5.74, 6) is 0. The normalized spacial score (nSPS) is 17.4. The van der Waals surface area contributed by atoms with Gasteiger partial charge in [-0.25, -0.2) is 5.01 Å². The van der Waals surface area contributed by atoms with Gasteiger partial charge in [0.25, 0.3) is 7.41 Å². The average molecular weight is 266 g/mol. The Hall–Kier alpha value is -1.78. The number of hydrazine groups is 1. The molecule has 0 spiro atoms. The molecule has 2 aromatic carbocycles. The van der Waals surface area contributed by atoms with E-state index >= 15 is 0 Å². The van der Waals surface area contributed by atoms with Gasteiger partial charge in [-0.15, -0.1) is 0 Å². The Kier molecular flexibility index (Phi) is 4.82. The summed E-state index contributed by atoms with van der Waals surface area (Å²) < 4.78 is 0. The van der Waals surface area contributed by atoms with E-state index in [2.05, 4.69) is 40.7 Å². The molecule has 4 heteroatoms. The SMILES string of the molecule is CC.CN1N[B]c2cc(N)ccc2C1c1ccccc1. The van der Waals surface area contributed by atoms with Crippen LogP contribution in [0.2, 0.25) is 0 Å². The first-order chi connectivity index (χ1) is 9.75. The summed E-state index contributed by atoms with van der Waals surface area (Å²) in [5, 5.41) is 5.37. The number of nitrogens with one attached hydrogen (secondary N) is 1. The molecular formula is C16H21BN3. The second kappa shape index (κ2) is 6.59. The van der Waals surface area contributed by atoms with Crippen molar-refractivity contribution in [2.45, 2.75) is 19.9 Å². The molecule has 0 aromatic heterocycles. The molecule has 3 nitrogen and oxygen atoms in total. The summed E-state index contributed by atoms with van der Waals surface area (Å²) in [4.78, 5) is 0. The zero-order chi connectivity index (χ0) is 14.5. The van der Waals surface area contributed by atoms with E-state index in [0.717, 1.165) is 11.2 Å². The van der Waals surface area contributed by atoms with E-state index in [4.69, 9.17) is 5.73 Å². The monoisotopic (exact) mass is 266 g/mol. The van der Waals surface area contributed by atoms with Crippen LogP contribution >= 0.6 is 0 Å². The number of hydrogen-bond acceptors (Lipinski definition) is 3. The van der Waals surface area contributed by atoms with Gasteiger partial charge in [0, 0.05) is 12.7 Å². The lowest BCUT2D eigenvalue weighted by molar-refractivity contribution is 0.243. The van der Waals surface area contributed by atoms with Gasteiger partial charge in [0.05, 0.1) is 6.04 Å². The largest absolute Gasteiger partial charge is 0.399 e. The maximum Gasteiger partial charge on any atom is 0.263 e. The van der Waals surface area contributed by atoms with Crippen molar-refractivity contribution in [2.75, 3.05) is 12.8 Å². The fraction of sp³-hybridized carbons (Fsp3) is 0.250. The van der Waals surface area contributed by atoms with Crippen molar-refractivity contribution in [2.24, 2.45) is 0 Å². The maximum absolute atomic E-state index is 5.84. The van der Waals surface area contributed by atoms with Crippen molar-refractivity contribution in [3.63, 3.8) is 0 Å². The summed E-state index contributed by atoms with van der Waals surface area (Å²) in [6, 6.07) is 16.8. The first-order valence-electron chi connectivity index (χ1n) is 7.02. The summed E-state index contributed by atoms with van der Waals surface area (Å²) in [5.41, 5.74) is 10.3. The number of fused-ring (bicyclic) bond motifs is 1. The standard InChI is InChI=1S/C14H15BN3.C2H6/c1-18-14(10-5-3-2-4-6-10)12-8-7-11(16)9-13(12)15-17-18;1-2/h2-9,14,17H,16H2,1H3;1-2H3. The molecule has 0 fully saturated rings. The number of benzene rings is 2. The van der Waals surface area contributed by atoms with Crippen molar-refractivity contribution in [1.82, 2.24) is 10.3 Å². The Morgan fingerprint density at radius 3 is 2.50 bits per heavy atom. The van der Waals surface area contributed by atoms with Crippen LogP contribution in [0.1, 0.15) is 31.0 Å². The molecule has 1 aliphatic heterocycles. The van der Waals surface area contributed by atoms with E-state index in [9.17, 15) is 0 Å². The second-order valence-electron chi connectivity index (χ2n) is 4.59. The fourth-order valence-corrected chi connectivity index (χ4v) is 2.46. The van der Waals surface area contributed by atoms with E-state index in [1.54, 1.807) is 0 Å². The molecule has 0 amide bonds. The summed E-state index contributed by atoms with van der Waals surface area (Å²) in [7, 11) is 4.04. The Labute approximate surface area is 122 Å². The molecule has 0 saturated carbocycles. The molecule has 2 aromatic rings. The highest BCUT2D eigenvalue weighted by molar-refractivity contribution is 6.52. The minimum atomic E-state index is 0.215. The van der Waals surface area contributed by atoms with Crippen LogP contribution in [0.25, 0.3) is 0 Å². The molecule has 1 aliphatic rings. The van der Waals surface area contributed by atoms with E-state index in [-0.39, 0.29) is 6.04 Å². The second-order valence-corrected chi connectivity index (χ2v) is 4.59. The van der Waals surface area contributed by atoms with Gasteiger partial charge in [-0.3, -0.25) is 5.34 Å². The minimum Gasteiger partial charge on any atom is -0.399 e. The first-order valence-corrected chi connectivity index (χ1v) is 7.02. The lowest BCUT2D eigenvalue weighted by atomic mass is 9.74. The summed E-state index contributed by atoms with van der Waals surface area (Å²) in [6.07, 6.45) is 0. The molecule has 1 unspecified atom stereocenters. The van der Waals surface area contributed by atoms with Crippen molar-refractivity contribution in [1.29, 1.82) is 0 Å². The van der Waals surface area contributed by atoms with Crippen molar-refractivity contribution < 1.29 is 0 Å². The van der Waals surface area contributed by atoms with Crippen LogP contribution in [0.15, 0.2) is 48.5 Å². The van der Waals surface area contributed by atoms with Crippen LogP contribution in [-0.2, 0) is 0 Å². The predicted molar refractivity (Wildman–Crippen MR) is 86.8 cm³/mol. The van der Waals surface area contributed by atoms with E-state index in [1.807, 2.05) is 46.5 Å². The van der Waals surface area contributed by atoms with E-state index in [1.165, 1.54) is 11.1 Å². The van der Waals surface area contributed by atoms with Gasteiger partial charge in [0.15, 0.2) is 0 Å². The number of nitrogen functional groups attached to an aromatic ring is 1. The Morgan fingerprint density at radius 1 is 1.10 bits per heavy atom. The number of anilines is 1.